The predicted octanol–water partition coefficient (Wildman–Crippen LogP) is 1.15. The normalized spacial score (nSPS) is 22.9. The van der Waals surface area contributed by atoms with Gasteiger partial charge in [0.05, 0.1) is 12.3 Å². The molecule has 2 unspecified atom stereocenters. The van der Waals surface area contributed by atoms with Crippen LogP contribution < -0.4 is 0 Å². The van der Waals surface area contributed by atoms with E-state index in [1.807, 2.05) is 30.3 Å². The predicted molar refractivity (Wildman–Crippen MR) is 61.4 cm³/mol. The van der Waals surface area contributed by atoms with Crippen molar-refractivity contribution in [2.75, 3.05) is 13.1 Å². The van der Waals surface area contributed by atoms with Crippen LogP contribution in [0.4, 0.5) is 4.39 Å². The number of hydrogen-bond donors (Lipinski definition) is 2. The molecule has 1 aromatic carbocycles. The van der Waals surface area contributed by atoms with Crippen LogP contribution in [0.3, 0.4) is 0 Å². The van der Waals surface area contributed by atoms with Gasteiger partial charge in [-0.2, -0.15) is 0 Å². The molecule has 92 valence electrons. The fraction of sp³-hybridized carbons (Fsp3) is 0.417. The molecule has 0 aliphatic carbocycles. The van der Waals surface area contributed by atoms with E-state index in [1.54, 1.807) is 0 Å². The molecule has 0 radical (unpaired) electrons. The number of hydrogen-bond acceptors (Lipinski definition) is 4. The summed E-state index contributed by atoms with van der Waals surface area (Å²) in [6.07, 6.45) is -2.44. The zero-order chi connectivity index (χ0) is 12.3. The maximum Gasteiger partial charge on any atom is 0.216 e. The van der Waals surface area contributed by atoms with Crippen LogP contribution in [0.25, 0.3) is 0 Å². The number of nitrogens with one attached hydrogen (secondary N) is 1. The summed E-state index contributed by atoms with van der Waals surface area (Å²) in [6, 6.07) is 9.44. The number of nitrogens with zero attached hydrogens (tertiary/aromatic N) is 1. The molecule has 1 fully saturated rings. The van der Waals surface area contributed by atoms with Crippen LogP contribution in [0.5, 0.6) is 0 Å². The number of ether oxygens (including phenoxy) is 1. The summed E-state index contributed by atoms with van der Waals surface area (Å²) in [5.74, 6) is 0. The Morgan fingerprint density at radius 2 is 2.18 bits per heavy atom. The summed E-state index contributed by atoms with van der Waals surface area (Å²) < 4.78 is 18.3. The van der Waals surface area contributed by atoms with Crippen molar-refractivity contribution < 1.29 is 14.2 Å². The van der Waals surface area contributed by atoms with Gasteiger partial charge in [-0.25, -0.2) is 9.29 Å². The van der Waals surface area contributed by atoms with Crippen LogP contribution in [-0.4, -0.2) is 41.4 Å². The Kier molecular flexibility index (Phi) is 3.83. The van der Waals surface area contributed by atoms with Crippen molar-refractivity contribution in [2.45, 2.75) is 19.2 Å². The van der Waals surface area contributed by atoms with Gasteiger partial charge < -0.3 is 15.3 Å². The van der Waals surface area contributed by atoms with E-state index in [9.17, 15) is 9.50 Å². The average molecular weight is 238 g/mol. The van der Waals surface area contributed by atoms with Crippen molar-refractivity contribution in [1.29, 1.82) is 5.41 Å². The minimum absolute atomic E-state index is 0.00707. The van der Waals surface area contributed by atoms with Crippen LogP contribution in [0.15, 0.2) is 30.3 Å². The number of halogens is 1. The van der Waals surface area contributed by atoms with Gasteiger partial charge in [0.2, 0.25) is 6.41 Å². The molecular formula is C12H15FN2O2. The molecule has 1 aliphatic rings. The summed E-state index contributed by atoms with van der Waals surface area (Å²) in [4.78, 5) is 1.40. The number of aliphatic hydroxyl groups excluding tert-OH is 1. The first-order chi connectivity index (χ1) is 8.16. The average Bonchev–Trinajstić information content (AvgIpc) is 2.68. The summed E-state index contributed by atoms with van der Waals surface area (Å²) in [6.45, 7) is 0.411. The fourth-order valence-electron chi connectivity index (χ4n) is 1.72. The van der Waals surface area contributed by atoms with Gasteiger partial charge >= 0.3 is 0 Å². The van der Waals surface area contributed by atoms with Crippen LogP contribution in [0.2, 0.25) is 0 Å². The van der Waals surface area contributed by atoms with E-state index in [0.29, 0.717) is 0 Å². The highest BCUT2D eigenvalue weighted by molar-refractivity contribution is 5.89. The topological polar surface area (TPSA) is 56.6 Å². The standard InChI is InChI=1S/C12H15FN2O2/c13-10-6-15(7-11(10)14)12(16)17-8-9-4-2-1-3-5-9/h1-5,10,12,14,16H,6-8H2. The lowest BCUT2D eigenvalue weighted by atomic mass is 10.2. The van der Waals surface area contributed by atoms with Crippen LogP contribution in [-0.2, 0) is 11.3 Å². The van der Waals surface area contributed by atoms with Gasteiger partial charge in [0, 0.05) is 13.1 Å². The third kappa shape index (κ3) is 3.09. The van der Waals surface area contributed by atoms with E-state index in [4.69, 9.17) is 10.1 Å². The van der Waals surface area contributed by atoms with Gasteiger partial charge in [0.1, 0.15) is 0 Å². The molecule has 4 nitrogen and oxygen atoms in total. The zero-order valence-corrected chi connectivity index (χ0v) is 9.34. The molecule has 5 heteroatoms. The molecule has 1 heterocycles. The molecule has 1 aromatic rings. The SMILES string of the molecule is N=C1CN(C(O)OCc2ccccc2)CC1F. The summed E-state index contributed by atoms with van der Waals surface area (Å²) >= 11 is 0. The molecule has 0 amide bonds. The number of alkyl halides is 1. The first-order valence-electron chi connectivity index (χ1n) is 5.46. The Morgan fingerprint density at radius 3 is 2.76 bits per heavy atom. The Balaban J connectivity index is 1.82. The summed E-state index contributed by atoms with van der Waals surface area (Å²) in [5, 5.41) is 17.0. The summed E-state index contributed by atoms with van der Waals surface area (Å²) in [5.41, 5.74) is 0.935. The molecule has 0 aromatic heterocycles. The van der Waals surface area contributed by atoms with Gasteiger partial charge in [-0.15, -0.1) is 0 Å². The van der Waals surface area contributed by atoms with Gasteiger partial charge in [-0.1, -0.05) is 30.3 Å². The lowest BCUT2D eigenvalue weighted by Crippen LogP contribution is -2.35. The maximum atomic E-state index is 13.1. The summed E-state index contributed by atoms with van der Waals surface area (Å²) in [7, 11) is 0. The van der Waals surface area contributed by atoms with Gasteiger partial charge in [0.25, 0.3) is 0 Å². The minimum atomic E-state index is -1.29. The number of benzene rings is 1. The van der Waals surface area contributed by atoms with E-state index in [0.717, 1.165) is 5.56 Å². The van der Waals surface area contributed by atoms with Crippen LogP contribution >= 0.6 is 0 Å². The third-order valence-corrected chi connectivity index (χ3v) is 2.70. The molecule has 1 saturated heterocycles. The Bertz CT molecular complexity index is 385. The second-order valence-corrected chi connectivity index (χ2v) is 4.05. The first kappa shape index (κ1) is 12.2. The Morgan fingerprint density at radius 1 is 1.47 bits per heavy atom. The van der Waals surface area contributed by atoms with Crippen molar-refractivity contribution in [1.82, 2.24) is 4.90 Å². The smallest absolute Gasteiger partial charge is 0.216 e. The zero-order valence-electron chi connectivity index (χ0n) is 9.34. The molecule has 1 aliphatic heterocycles. The largest absolute Gasteiger partial charge is 0.356 e. The Labute approximate surface area is 99.1 Å². The van der Waals surface area contributed by atoms with Crippen LogP contribution in [0.1, 0.15) is 5.56 Å². The second kappa shape index (κ2) is 5.35. The molecule has 0 bridgehead atoms. The number of likely N-dealkylation sites (tertiary alicyclic amines) is 1. The van der Waals surface area contributed by atoms with Gasteiger partial charge in [-0.3, -0.25) is 0 Å². The minimum Gasteiger partial charge on any atom is -0.356 e. The molecule has 0 spiro atoms. The van der Waals surface area contributed by atoms with E-state index < -0.39 is 12.6 Å². The van der Waals surface area contributed by atoms with Gasteiger partial charge in [-0.05, 0) is 5.56 Å². The highest BCUT2D eigenvalue weighted by atomic mass is 19.1. The second-order valence-electron chi connectivity index (χ2n) is 4.05. The Hall–Kier alpha value is -1.30. The quantitative estimate of drug-likeness (QED) is 0.774. The van der Waals surface area contributed by atoms with Gasteiger partial charge in [0.15, 0.2) is 6.17 Å². The van der Waals surface area contributed by atoms with Crippen molar-refractivity contribution in [2.24, 2.45) is 0 Å². The molecule has 2 rings (SSSR count). The van der Waals surface area contributed by atoms with E-state index >= 15 is 0 Å². The van der Waals surface area contributed by atoms with E-state index in [1.165, 1.54) is 4.90 Å². The highest BCUT2D eigenvalue weighted by Crippen LogP contribution is 2.13. The van der Waals surface area contributed by atoms with Crippen molar-refractivity contribution in [3.05, 3.63) is 35.9 Å². The molecule has 17 heavy (non-hydrogen) atoms. The lowest BCUT2D eigenvalue weighted by molar-refractivity contribution is -0.193. The maximum absolute atomic E-state index is 13.1. The monoisotopic (exact) mass is 238 g/mol. The third-order valence-electron chi connectivity index (χ3n) is 2.70. The molecule has 2 atom stereocenters. The van der Waals surface area contributed by atoms with Crippen molar-refractivity contribution in [3.8, 4) is 0 Å². The molecule has 2 N–H and O–H groups in total. The molecule has 0 saturated carbocycles. The molecular weight excluding hydrogens is 223 g/mol. The first-order valence-corrected chi connectivity index (χ1v) is 5.46. The highest BCUT2D eigenvalue weighted by Gasteiger charge is 2.31. The van der Waals surface area contributed by atoms with Crippen LogP contribution in [0, 0.1) is 5.41 Å². The van der Waals surface area contributed by atoms with Crippen molar-refractivity contribution in [3.63, 3.8) is 0 Å². The number of rotatable bonds is 4. The van der Waals surface area contributed by atoms with Crippen molar-refractivity contribution >= 4 is 5.71 Å². The van der Waals surface area contributed by atoms with E-state index in [-0.39, 0.29) is 25.4 Å². The number of aliphatic hydroxyl groups is 1. The van der Waals surface area contributed by atoms with E-state index in [2.05, 4.69) is 0 Å². The lowest BCUT2D eigenvalue weighted by Gasteiger charge is -2.21. The fourth-order valence-corrected chi connectivity index (χ4v) is 1.72.